The van der Waals surface area contributed by atoms with Gasteiger partial charge >= 0.3 is 5.97 Å². The van der Waals surface area contributed by atoms with Gasteiger partial charge in [0.2, 0.25) is 0 Å². The van der Waals surface area contributed by atoms with Gasteiger partial charge in [-0.2, -0.15) is 0 Å². The van der Waals surface area contributed by atoms with Crippen LogP contribution in [0.2, 0.25) is 0 Å². The van der Waals surface area contributed by atoms with Crippen LogP contribution < -0.4 is 0 Å². The fourth-order valence-electron chi connectivity index (χ4n) is 3.51. The molecule has 0 aliphatic heterocycles. The molecule has 2 aromatic carbocycles. The number of carboxylic acid groups (broad SMARTS) is 1. The third kappa shape index (κ3) is 2.95. The second-order valence-electron chi connectivity index (χ2n) is 6.34. The fraction of sp³-hybridized carbons (Fsp3) is 0.238. The second-order valence-corrected chi connectivity index (χ2v) is 6.34. The summed E-state index contributed by atoms with van der Waals surface area (Å²) < 4.78 is 1.94. The molecule has 0 saturated heterocycles. The number of carbonyl (C=O) groups is 2. The van der Waals surface area contributed by atoms with E-state index >= 15 is 0 Å². The summed E-state index contributed by atoms with van der Waals surface area (Å²) in [4.78, 5) is 24.2. The SMILES string of the molecule is Cc1c(C(=O)c2cccc3ccccc23)c(C)n(C)c1CCC(=O)O. The first-order chi connectivity index (χ1) is 11.9. The molecule has 0 saturated carbocycles. The summed E-state index contributed by atoms with van der Waals surface area (Å²) in [6, 6.07) is 13.6. The van der Waals surface area contributed by atoms with Crippen LogP contribution >= 0.6 is 0 Å². The van der Waals surface area contributed by atoms with Crippen molar-refractivity contribution >= 4 is 22.5 Å². The van der Waals surface area contributed by atoms with E-state index in [9.17, 15) is 9.59 Å². The molecule has 0 aliphatic rings. The molecule has 0 amide bonds. The minimum absolute atomic E-state index is 0.0102. The van der Waals surface area contributed by atoms with Gasteiger partial charge in [-0.1, -0.05) is 42.5 Å². The zero-order valence-electron chi connectivity index (χ0n) is 14.7. The Hall–Kier alpha value is -2.88. The normalized spacial score (nSPS) is 11.0. The molecule has 0 unspecified atom stereocenters. The van der Waals surface area contributed by atoms with E-state index in [1.54, 1.807) is 0 Å². The van der Waals surface area contributed by atoms with E-state index in [1.807, 2.05) is 67.9 Å². The first-order valence-electron chi connectivity index (χ1n) is 8.30. The molecular formula is C21H21NO3. The fourth-order valence-corrected chi connectivity index (χ4v) is 3.51. The molecule has 0 radical (unpaired) electrons. The van der Waals surface area contributed by atoms with Crippen molar-refractivity contribution < 1.29 is 14.7 Å². The molecule has 3 aromatic rings. The van der Waals surface area contributed by atoms with Crippen molar-refractivity contribution in [2.45, 2.75) is 26.7 Å². The smallest absolute Gasteiger partial charge is 0.303 e. The van der Waals surface area contributed by atoms with E-state index in [1.165, 1.54) is 0 Å². The van der Waals surface area contributed by atoms with E-state index in [0.29, 0.717) is 17.5 Å². The van der Waals surface area contributed by atoms with Crippen LogP contribution in [0.3, 0.4) is 0 Å². The average molecular weight is 335 g/mol. The predicted molar refractivity (Wildman–Crippen MR) is 98.2 cm³/mol. The number of hydrogen-bond acceptors (Lipinski definition) is 2. The van der Waals surface area contributed by atoms with Crippen molar-refractivity contribution in [3.05, 3.63) is 70.5 Å². The van der Waals surface area contributed by atoms with Gasteiger partial charge in [-0.05, 0) is 36.6 Å². The molecule has 1 aromatic heterocycles. The number of rotatable bonds is 5. The molecule has 1 N–H and O–H groups in total. The van der Waals surface area contributed by atoms with Gasteiger partial charge in [0.25, 0.3) is 0 Å². The quantitative estimate of drug-likeness (QED) is 0.716. The summed E-state index contributed by atoms with van der Waals surface area (Å²) in [5, 5.41) is 10.9. The highest BCUT2D eigenvalue weighted by Crippen LogP contribution is 2.28. The summed E-state index contributed by atoms with van der Waals surface area (Å²) in [6.45, 7) is 3.82. The van der Waals surface area contributed by atoms with E-state index in [0.717, 1.165) is 27.7 Å². The van der Waals surface area contributed by atoms with Gasteiger partial charge in [0.1, 0.15) is 0 Å². The maximum absolute atomic E-state index is 13.3. The monoisotopic (exact) mass is 335 g/mol. The van der Waals surface area contributed by atoms with Crippen molar-refractivity contribution in [2.24, 2.45) is 7.05 Å². The van der Waals surface area contributed by atoms with Gasteiger partial charge in [0.15, 0.2) is 5.78 Å². The number of nitrogens with zero attached hydrogens (tertiary/aromatic N) is 1. The van der Waals surface area contributed by atoms with Crippen LogP contribution in [0.1, 0.15) is 39.3 Å². The lowest BCUT2D eigenvalue weighted by Gasteiger charge is -2.07. The van der Waals surface area contributed by atoms with Crippen LogP contribution in [-0.2, 0) is 18.3 Å². The third-order valence-corrected chi connectivity index (χ3v) is 4.91. The molecule has 0 aliphatic carbocycles. The van der Waals surface area contributed by atoms with Crippen LogP contribution in [0.25, 0.3) is 10.8 Å². The minimum atomic E-state index is -0.833. The summed E-state index contributed by atoms with van der Waals surface area (Å²) in [6.07, 6.45) is 0.474. The Labute approximate surface area is 146 Å². The number of aliphatic carboxylic acids is 1. The Bertz CT molecular complexity index is 977. The van der Waals surface area contributed by atoms with Gasteiger partial charge in [0, 0.05) is 29.6 Å². The predicted octanol–water partition coefficient (Wildman–Crippen LogP) is 4.04. The highest BCUT2D eigenvalue weighted by Gasteiger charge is 2.23. The van der Waals surface area contributed by atoms with Crippen LogP contribution in [0, 0.1) is 13.8 Å². The lowest BCUT2D eigenvalue weighted by Crippen LogP contribution is -2.05. The first-order valence-corrected chi connectivity index (χ1v) is 8.30. The maximum atomic E-state index is 13.3. The summed E-state index contributed by atoms with van der Waals surface area (Å²) >= 11 is 0. The highest BCUT2D eigenvalue weighted by atomic mass is 16.4. The third-order valence-electron chi connectivity index (χ3n) is 4.91. The van der Waals surface area contributed by atoms with Crippen molar-refractivity contribution in [2.75, 3.05) is 0 Å². The van der Waals surface area contributed by atoms with E-state index in [-0.39, 0.29) is 12.2 Å². The lowest BCUT2D eigenvalue weighted by atomic mass is 9.95. The number of fused-ring (bicyclic) bond motifs is 1. The minimum Gasteiger partial charge on any atom is -0.481 e. The average Bonchev–Trinajstić information content (AvgIpc) is 2.81. The molecule has 1 heterocycles. The number of aromatic nitrogens is 1. The zero-order valence-corrected chi connectivity index (χ0v) is 14.7. The Morgan fingerprint density at radius 2 is 1.72 bits per heavy atom. The number of benzene rings is 2. The van der Waals surface area contributed by atoms with Gasteiger partial charge in [-0.3, -0.25) is 9.59 Å². The van der Waals surface area contributed by atoms with Gasteiger partial charge in [0.05, 0.1) is 6.42 Å². The summed E-state index contributed by atoms with van der Waals surface area (Å²) in [7, 11) is 1.89. The number of ketones is 1. The van der Waals surface area contributed by atoms with Gasteiger partial charge < -0.3 is 9.67 Å². The Kier molecular flexibility index (Phi) is 4.45. The van der Waals surface area contributed by atoms with Crippen LogP contribution in [0.5, 0.6) is 0 Å². The van der Waals surface area contributed by atoms with Gasteiger partial charge in [-0.15, -0.1) is 0 Å². The van der Waals surface area contributed by atoms with Crippen LogP contribution in [0.4, 0.5) is 0 Å². The van der Waals surface area contributed by atoms with Crippen molar-refractivity contribution in [1.82, 2.24) is 4.57 Å². The van der Waals surface area contributed by atoms with Crippen molar-refractivity contribution in [3.63, 3.8) is 0 Å². The van der Waals surface area contributed by atoms with Crippen molar-refractivity contribution in [3.8, 4) is 0 Å². The largest absolute Gasteiger partial charge is 0.481 e. The Balaban J connectivity index is 2.11. The second kappa shape index (κ2) is 6.55. The molecule has 0 atom stereocenters. The zero-order chi connectivity index (χ0) is 18.1. The van der Waals surface area contributed by atoms with E-state index in [2.05, 4.69) is 0 Å². The Morgan fingerprint density at radius 3 is 2.44 bits per heavy atom. The summed E-state index contributed by atoms with van der Waals surface area (Å²) in [5.74, 6) is -0.843. The summed E-state index contributed by atoms with van der Waals surface area (Å²) in [5.41, 5.74) is 4.01. The van der Waals surface area contributed by atoms with Gasteiger partial charge in [-0.25, -0.2) is 0 Å². The Morgan fingerprint density at radius 1 is 1.04 bits per heavy atom. The van der Waals surface area contributed by atoms with Crippen LogP contribution in [-0.4, -0.2) is 21.4 Å². The lowest BCUT2D eigenvalue weighted by molar-refractivity contribution is -0.136. The first kappa shape index (κ1) is 17.0. The molecule has 4 nitrogen and oxygen atoms in total. The molecular weight excluding hydrogens is 314 g/mol. The number of carboxylic acids is 1. The van der Waals surface area contributed by atoms with Crippen molar-refractivity contribution in [1.29, 1.82) is 0 Å². The van der Waals surface area contributed by atoms with E-state index < -0.39 is 5.97 Å². The van der Waals surface area contributed by atoms with Crippen LogP contribution in [0.15, 0.2) is 42.5 Å². The maximum Gasteiger partial charge on any atom is 0.303 e. The molecule has 25 heavy (non-hydrogen) atoms. The number of hydrogen-bond donors (Lipinski definition) is 1. The standard InChI is InChI=1S/C21H21NO3/c1-13-18(11-12-19(23)24)22(3)14(2)20(13)21(25)17-10-6-8-15-7-4-5-9-16(15)17/h4-10H,11-12H2,1-3H3,(H,23,24). The number of carbonyl (C=O) groups excluding carboxylic acids is 1. The van der Waals surface area contributed by atoms with E-state index in [4.69, 9.17) is 5.11 Å². The topological polar surface area (TPSA) is 59.3 Å². The molecule has 0 fully saturated rings. The molecule has 128 valence electrons. The molecule has 4 heteroatoms. The molecule has 0 bridgehead atoms. The molecule has 0 spiro atoms. The highest BCUT2D eigenvalue weighted by molar-refractivity contribution is 6.17. The molecule has 3 rings (SSSR count).